The van der Waals surface area contributed by atoms with E-state index < -0.39 is 21.7 Å². The Morgan fingerprint density at radius 3 is 2.43 bits per heavy atom. The van der Waals surface area contributed by atoms with Crippen LogP contribution in [0.4, 0.5) is 0 Å². The highest BCUT2D eigenvalue weighted by atomic mass is 32.2. The van der Waals surface area contributed by atoms with E-state index in [2.05, 4.69) is 18.6 Å². The Kier molecular flexibility index (Phi) is 7.71. The van der Waals surface area contributed by atoms with E-state index in [1.165, 1.54) is 19.2 Å². The van der Waals surface area contributed by atoms with Gasteiger partial charge >= 0.3 is 0 Å². The minimum Gasteiger partial charge on any atom is -0.496 e. The van der Waals surface area contributed by atoms with Gasteiger partial charge in [-0.3, -0.25) is 4.79 Å². The molecular formula is C27H36N2O5S. The second kappa shape index (κ2) is 10.6. The van der Waals surface area contributed by atoms with Crippen molar-refractivity contribution in [3.05, 3.63) is 53.6 Å². The first-order valence-corrected chi connectivity index (χ1v) is 14.1. The first-order valence-electron chi connectivity index (χ1n) is 12.6. The predicted octanol–water partition coefficient (Wildman–Crippen LogP) is 5.07. The Morgan fingerprint density at radius 1 is 1.09 bits per heavy atom. The number of nitrogens with zero attached hydrogens (tertiary/aromatic N) is 1. The molecule has 35 heavy (non-hydrogen) atoms. The highest BCUT2D eigenvalue weighted by Gasteiger charge is 2.40. The summed E-state index contributed by atoms with van der Waals surface area (Å²) in [4.78, 5) is 15.2. The molecule has 1 N–H and O–H groups in total. The lowest BCUT2D eigenvalue weighted by Gasteiger charge is -2.41. The number of para-hydroxylation sites is 1. The van der Waals surface area contributed by atoms with Crippen LogP contribution in [0, 0.1) is 0 Å². The van der Waals surface area contributed by atoms with E-state index in [0.29, 0.717) is 31.0 Å². The summed E-state index contributed by atoms with van der Waals surface area (Å²) in [6, 6.07) is 11.7. The van der Waals surface area contributed by atoms with Crippen molar-refractivity contribution in [3.63, 3.8) is 0 Å². The number of benzene rings is 2. The summed E-state index contributed by atoms with van der Waals surface area (Å²) in [7, 11) is -2.42. The van der Waals surface area contributed by atoms with Gasteiger partial charge in [0.05, 0.1) is 23.6 Å². The molecule has 190 valence electrons. The number of rotatable bonds is 7. The zero-order chi connectivity index (χ0) is 25.1. The van der Waals surface area contributed by atoms with Gasteiger partial charge in [0, 0.05) is 25.1 Å². The number of methoxy groups -OCH3 is 1. The standard InChI is InChI=1S/C27H36N2O5S/c1-4-27(5-2)19-23(21-12-8-9-13-25(21)34-27)28-35(31,32)20-14-15-24(33-3)22(18-20)26(30)29-16-10-6-7-11-17-29/h8-9,12-15,18,23,28H,4-7,10-11,16-17,19H2,1-3H3/t23-/m0/s1. The molecule has 2 aliphatic rings. The molecule has 2 aromatic rings. The molecule has 4 rings (SSSR count). The molecule has 0 radical (unpaired) electrons. The van der Waals surface area contributed by atoms with Crippen LogP contribution >= 0.6 is 0 Å². The molecule has 0 bridgehead atoms. The maximum Gasteiger partial charge on any atom is 0.257 e. The van der Waals surface area contributed by atoms with Crippen LogP contribution in [0.1, 0.15) is 80.8 Å². The average molecular weight is 501 g/mol. The molecule has 2 heterocycles. The lowest BCUT2D eigenvalue weighted by atomic mass is 9.84. The zero-order valence-corrected chi connectivity index (χ0v) is 21.7. The van der Waals surface area contributed by atoms with Crippen molar-refractivity contribution in [3.8, 4) is 11.5 Å². The number of carbonyl (C=O) groups is 1. The Hall–Kier alpha value is -2.58. The smallest absolute Gasteiger partial charge is 0.257 e. The highest BCUT2D eigenvalue weighted by Crippen LogP contribution is 2.43. The van der Waals surface area contributed by atoms with Gasteiger partial charge in [-0.1, -0.05) is 44.9 Å². The van der Waals surface area contributed by atoms with E-state index in [9.17, 15) is 13.2 Å². The second-order valence-electron chi connectivity index (χ2n) is 9.48. The monoisotopic (exact) mass is 500 g/mol. The summed E-state index contributed by atoms with van der Waals surface area (Å²) in [5, 5.41) is 0. The van der Waals surface area contributed by atoms with Gasteiger partial charge in [-0.15, -0.1) is 0 Å². The van der Waals surface area contributed by atoms with E-state index in [4.69, 9.17) is 9.47 Å². The quantitative estimate of drug-likeness (QED) is 0.574. The normalized spacial score (nSPS) is 19.9. The van der Waals surface area contributed by atoms with Crippen molar-refractivity contribution in [2.45, 2.75) is 75.3 Å². The van der Waals surface area contributed by atoms with Gasteiger partial charge in [0.15, 0.2) is 0 Å². The zero-order valence-electron chi connectivity index (χ0n) is 20.9. The van der Waals surface area contributed by atoms with Crippen molar-refractivity contribution < 1.29 is 22.7 Å². The predicted molar refractivity (Wildman–Crippen MR) is 135 cm³/mol. The molecule has 0 saturated carbocycles. The number of ether oxygens (including phenoxy) is 2. The number of fused-ring (bicyclic) bond motifs is 1. The number of carbonyl (C=O) groups excluding carboxylic acids is 1. The van der Waals surface area contributed by atoms with Crippen LogP contribution in [0.2, 0.25) is 0 Å². The van der Waals surface area contributed by atoms with Crippen LogP contribution in [0.5, 0.6) is 11.5 Å². The molecule has 0 unspecified atom stereocenters. The summed E-state index contributed by atoms with van der Waals surface area (Å²) in [6.45, 7) is 5.47. The number of amides is 1. The molecule has 1 amide bonds. The fourth-order valence-electron chi connectivity index (χ4n) is 5.13. The minimum absolute atomic E-state index is 0.0547. The van der Waals surface area contributed by atoms with Crippen molar-refractivity contribution in [2.75, 3.05) is 20.2 Å². The van der Waals surface area contributed by atoms with Crippen LogP contribution in [0.25, 0.3) is 0 Å². The lowest BCUT2D eigenvalue weighted by molar-refractivity contribution is 0.0260. The van der Waals surface area contributed by atoms with Gasteiger partial charge in [-0.25, -0.2) is 13.1 Å². The third-order valence-corrected chi connectivity index (χ3v) is 8.86. The third kappa shape index (κ3) is 5.33. The Morgan fingerprint density at radius 2 is 1.77 bits per heavy atom. The molecule has 0 aromatic heterocycles. The van der Waals surface area contributed by atoms with Crippen molar-refractivity contribution in [1.82, 2.24) is 9.62 Å². The van der Waals surface area contributed by atoms with E-state index >= 15 is 0 Å². The molecule has 2 aromatic carbocycles. The molecular weight excluding hydrogens is 464 g/mol. The van der Waals surface area contributed by atoms with Gasteiger partial charge in [0.1, 0.15) is 17.1 Å². The summed E-state index contributed by atoms with van der Waals surface area (Å²) in [5.74, 6) is 0.903. The lowest BCUT2D eigenvalue weighted by Crippen LogP contribution is -2.44. The summed E-state index contributed by atoms with van der Waals surface area (Å²) in [5.41, 5.74) is 0.666. The average Bonchev–Trinajstić information content (AvgIpc) is 3.17. The van der Waals surface area contributed by atoms with E-state index in [-0.39, 0.29) is 16.4 Å². The SMILES string of the molecule is CCC1(CC)C[C@H](NS(=O)(=O)c2ccc(OC)c(C(=O)N3CCCCCC3)c2)c2ccccc2O1. The largest absolute Gasteiger partial charge is 0.496 e. The molecule has 7 nitrogen and oxygen atoms in total. The Balaban J connectivity index is 1.66. The first-order chi connectivity index (χ1) is 16.8. The molecule has 0 aliphatic carbocycles. The number of sulfonamides is 1. The maximum absolute atomic E-state index is 13.6. The molecule has 1 saturated heterocycles. The molecule has 1 atom stereocenters. The third-order valence-electron chi connectivity index (χ3n) is 7.39. The van der Waals surface area contributed by atoms with Crippen molar-refractivity contribution in [2.24, 2.45) is 0 Å². The maximum atomic E-state index is 13.6. The molecule has 8 heteroatoms. The number of hydrogen-bond acceptors (Lipinski definition) is 5. The van der Waals surface area contributed by atoms with Crippen LogP contribution < -0.4 is 14.2 Å². The number of hydrogen-bond donors (Lipinski definition) is 1. The van der Waals surface area contributed by atoms with Crippen LogP contribution in [0.15, 0.2) is 47.4 Å². The van der Waals surface area contributed by atoms with E-state index in [1.54, 1.807) is 11.0 Å². The Bertz CT molecular complexity index is 1150. The van der Waals surface area contributed by atoms with Gasteiger partial charge < -0.3 is 14.4 Å². The van der Waals surface area contributed by atoms with Crippen molar-refractivity contribution >= 4 is 15.9 Å². The van der Waals surface area contributed by atoms with E-state index in [1.807, 2.05) is 24.3 Å². The molecule has 1 fully saturated rings. The molecule has 0 spiro atoms. The van der Waals surface area contributed by atoms with Gasteiger partial charge in [0.25, 0.3) is 5.91 Å². The van der Waals surface area contributed by atoms with Crippen LogP contribution in [-0.4, -0.2) is 45.0 Å². The Labute approximate surface area is 208 Å². The summed E-state index contributed by atoms with van der Waals surface area (Å²) >= 11 is 0. The fraction of sp³-hybridized carbons (Fsp3) is 0.519. The number of nitrogens with one attached hydrogen (secondary N) is 1. The van der Waals surface area contributed by atoms with Crippen LogP contribution in [0.3, 0.4) is 0 Å². The summed E-state index contributed by atoms with van der Waals surface area (Å²) < 4.78 is 41.8. The number of likely N-dealkylation sites (tertiary alicyclic amines) is 1. The minimum atomic E-state index is -3.92. The molecule has 2 aliphatic heterocycles. The van der Waals surface area contributed by atoms with Crippen LogP contribution in [-0.2, 0) is 10.0 Å². The first kappa shape index (κ1) is 25.5. The van der Waals surface area contributed by atoms with Gasteiger partial charge in [-0.2, -0.15) is 0 Å². The van der Waals surface area contributed by atoms with Gasteiger partial charge in [0.2, 0.25) is 10.0 Å². The van der Waals surface area contributed by atoms with Gasteiger partial charge in [-0.05, 0) is 49.9 Å². The topological polar surface area (TPSA) is 84.9 Å². The fourth-order valence-corrected chi connectivity index (χ4v) is 6.37. The summed E-state index contributed by atoms with van der Waals surface area (Å²) in [6.07, 6.45) is 6.18. The van der Waals surface area contributed by atoms with E-state index in [0.717, 1.165) is 44.1 Å². The second-order valence-corrected chi connectivity index (χ2v) is 11.2. The van der Waals surface area contributed by atoms with Crippen molar-refractivity contribution in [1.29, 1.82) is 0 Å². The highest BCUT2D eigenvalue weighted by molar-refractivity contribution is 7.89.